The molecule has 0 heterocycles. The van der Waals surface area contributed by atoms with E-state index in [2.05, 4.69) is 34.6 Å². The van der Waals surface area contributed by atoms with Crippen LogP contribution >= 0.6 is 0 Å². The van der Waals surface area contributed by atoms with E-state index >= 15 is 0 Å². The molecule has 3 aromatic carbocycles. The molecule has 3 aromatic rings. The number of carbonyl (C=O) groups excluding carboxylic acids is 2. The molecule has 0 radical (unpaired) electrons. The van der Waals surface area contributed by atoms with Crippen molar-refractivity contribution in [3.8, 4) is 0 Å². The van der Waals surface area contributed by atoms with Crippen molar-refractivity contribution in [2.75, 3.05) is 18.0 Å². The average Bonchev–Trinajstić information content (AvgIpc) is 2.89. The highest BCUT2D eigenvalue weighted by molar-refractivity contribution is 6.06. The summed E-state index contributed by atoms with van der Waals surface area (Å²) < 4.78 is 13.2. The summed E-state index contributed by atoms with van der Waals surface area (Å²) in [6.45, 7) is 7.65. The molecule has 0 aliphatic rings. The van der Waals surface area contributed by atoms with E-state index in [4.69, 9.17) is 0 Å². The van der Waals surface area contributed by atoms with Crippen LogP contribution in [0.25, 0.3) is 6.08 Å². The molecule has 0 saturated heterocycles. The van der Waals surface area contributed by atoms with Gasteiger partial charge >= 0.3 is 0 Å². The van der Waals surface area contributed by atoms with E-state index in [9.17, 15) is 14.0 Å². The van der Waals surface area contributed by atoms with Crippen molar-refractivity contribution >= 4 is 29.3 Å². The van der Waals surface area contributed by atoms with Gasteiger partial charge in [0.05, 0.1) is 5.71 Å². The number of carbonyl (C=O) groups is 2. The first-order valence-electron chi connectivity index (χ1n) is 11.4. The van der Waals surface area contributed by atoms with Gasteiger partial charge in [-0.25, -0.2) is 9.82 Å². The molecule has 35 heavy (non-hydrogen) atoms. The van der Waals surface area contributed by atoms with Gasteiger partial charge in [-0.2, -0.15) is 5.10 Å². The lowest BCUT2D eigenvalue weighted by Gasteiger charge is -2.21. The molecule has 0 fully saturated rings. The van der Waals surface area contributed by atoms with Gasteiger partial charge in [-0.05, 0) is 74.4 Å². The van der Waals surface area contributed by atoms with Gasteiger partial charge < -0.3 is 10.2 Å². The van der Waals surface area contributed by atoms with Gasteiger partial charge in [0.25, 0.3) is 11.8 Å². The van der Waals surface area contributed by atoms with Gasteiger partial charge in [0, 0.05) is 24.3 Å². The van der Waals surface area contributed by atoms with E-state index in [0.717, 1.165) is 24.3 Å². The molecule has 0 aromatic heterocycles. The zero-order valence-electron chi connectivity index (χ0n) is 20.1. The largest absolute Gasteiger partial charge is 0.372 e. The number of nitrogens with one attached hydrogen (secondary N) is 2. The number of rotatable bonds is 9. The SMILES string of the molecule is CCN(CC)c1ccc(/C=C(/NC(=O)c2ccccc2)C(=O)N/N=C(\C)c2ccc(F)cc2)cc1. The molecule has 0 unspecified atom stereocenters. The van der Waals surface area contributed by atoms with E-state index in [1.807, 2.05) is 30.3 Å². The quantitative estimate of drug-likeness (QED) is 0.262. The van der Waals surface area contributed by atoms with Gasteiger partial charge in [0.1, 0.15) is 11.5 Å². The van der Waals surface area contributed by atoms with Crippen LogP contribution in [0.1, 0.15) is 42.3 Å². The minimum atomic E-state index is -0.580. The molecule has 0 atom stereocenters. The van der Waals surface area contributed by atoms with Crippen LogP contribution in [0.4, 0.5) is 10.1 Å². The highest BCUT2D eigenvalue weighted by atomic mass is 19.1. The van der Waals surface area contributed by atoms with Crippen LogP contribution in [-0.2, 0) is 4.79 Å². The summed E-state index contributed by atoms with van der Waals surface area (Å²) in [6.07, 6.45) is 1.60. The predicted molar refractivity (Wildman–Crippen MR) is 139 cm³/mol. The van der Waals surface area contributed by atoms with Crippen molar-refractivity contribution in [3.05, 3.63) is 107 Å². The van der Waals surface area contributed by atoms with Crippen LogP contribution in [0.2, 0.25) is 0 Å². The third kappa shape index (κ3) is 7.11. The fourth-order valence-corrected chi connectivity index (χ4v) is 3.43. The minimum Gasteiger partial charge on any atom is -0.372 e. The average molecular weight is 473 g/mol. The molecule has 180 valence electrons. The van der Waals surface area contributed by atoms with Crippen molar-refractivity contribution in [2.24, 2.45) is 5.10 Å². The number of anilines is 1. The van der Waals surface area contributed by atoms with Crippen molar-refractivity contribution in [2.45, 2.75) is 20.8 Å². The summed E-state index contributed by atoms with van der Waals surface area (Å²) in [5.74, 6) is -1.35. The second kappa shape index (κ2) is 12.3. The smallest absolute Gasteiger partial charge is 0.287 e. The van der Waals surface area contributed by atoms with E-state index < -0.39 is 11.8 Å². The summed E-state index contributed by atoms with van der Waals surface area (Å²) in [6, 6.07) is 22.2. The van der Waals surface area contributed by atoms with Gasteiger partial charge in [-0.15, -0.1) is 0 Å². The number of halogens is 1. The Kier molecular flexibility index (Phi) is 8.89. The lowest BCUT2D eigenvalue weighted by Crippen LogP contribution is -2.33. The molecular formula is C28H29FN4O2. The maximum absolute atomic E-state index is 13.2. The van der Waals surface area contributed by atoms with E-state index in [1.54, 1.807) is 49.4 Å². The highest BCUT2D eigenvalue weighted by Crippen LogP contribution is 2.17. The fraction of sp³-hybridized carbons (Fsp3) is 0.179. The number of hydrazone groups is 1. The first-order valence-corrected chi connectivity index (χ1v) is 11.4. The normalized spacial score (nSPS) is 11.7. The number of hydrogen-bond donors (Lipinski definition) is 2. The number of amides is 2. The second-order valence-electron chi connectivity index (χ2n) is 7.79. The zero-order valence-corrected chi connectivity index (χ0v) is 20.1. The van der Waals surface area contributed by atoms with E-state index in [0.29, 0.717) is 16.8 Å². The molecule has 2 N–H and O–H groups in total. The topological polar surface area (TPSA) is 73.8 Å². The Bertz CT molecular complexity index is 1200. The third-order valence-corrected chi connectivity index (χ3v) is 5.45. The van der Waals surface area contributed by atoms with Gasteiger partial charge in [-0.3, -0.25) is 9.59 Å². The molecule has 0 aliphatic carbocycles. The molecule has 0 bridgehead atoms. The number of benzene rings is 3. The van der Waals surface area contributed by atoms with E-state index in [-0.39, 0.29) is 11.5 Å². The third-order valence-electron chi connectivity index (χ3n) is 5.45. The summed E-state index contributed by atoms with van der Waals surface area (Å²) in [4.78, 5) is 28.0. The Hall–Kier alpha value is -4.26. The van der Waals surface area contributed by atoms with Gasteiger partial charge in [0.2, 0.25) is 0 Å². The van der Waals surface area contributed by atoms with Crippen LogP contribution < -0.4 is 15.6 Å². The predicted octanol–water partition coefficient (Wildman–Crippen LogP) is 4.98. The molecule has 0 saturated carbocycles. The molecule has 3 rings (SSSR count). The number of hydrogen-bond acceptors (Lipinski definition) is 4. The van der Waals surface area contributed by atoms with Crippen LogP contribution in [0.5, 0.6) is 0 Å². The monoisotopic (exact) mass is 472 g/mol. The first-order chi connectivity index (χ1) is 16.9. The number of nitrogens with zero attached hydrogens (tertiary/aromatic N) is 2. The molecule has 0 spiro atoms. The Morgan fingerprint density at radius 3 is 2.11 bits per heavy atom. The highest BCUT2D eigenvalue weighted by Gasteiger charge is 2.15. The van der Waals surface area contributed by atoms with Crippen LogP contribution in [0, 0.1) is 5.82 Å². The van der Waals surface area contributed by atoms with Crippen molar-refractivity contribution in [1.29, 1.82) is 0 Å². The van der Waals surface area contributed by atoms with E-state index in [1.165, 1.54) is 12.1 Å². The molecule has 7 heteroatoms. The second-order valence-corrected chi connectivity index (χ2v) is 7.79. The summed E-state index contributed by atoms with van der Waals surface area (Å²) in [5, 5.41) is 6.82. The Morgan fingerprint density at radius 1 is 0.886 bits per heavy atom. The standard InChI is InChI=1S/C28H29FN4O2/c1-4-33(5-2)25-17-11-21(12-18-25)19-26(30-27(34)23-9-7-6-8-10-23)28(35)32-31-20(3)22-13-15-24(29)16-14-22/h6-19H,4-5H2,1-3H3,(H,30,34)(H,32,35)/b26-19+,31-20+. The van der Waals surface area contributed by atoms with Crippen LogP contribution in [-0.4, -0.2) is 30.6 Å². The molecule has 6 nitrogen and oxygen atoms in total. The van der Waals surface area contributed by atoms with Crippen molar-refractivity contribution < 1.29 is 14.0 Å². The van der Waals surface area contributed by atoms with Crippen LogP contribution in [0.15, 0.2) is 89.7 Å². The van der Waals surface area contributed by atoms with Gasteiger partial charge in [0.15, 0.2) is 0 Å². The van der Waals surface area contributed by atoms with Crippen LogP contribution in [0.3, 0.4) is 0 Å². The Balaban J connectivity index is 1.85. The maximum Gasteiger partial charge on any atom is 0.287 e. The maximum atomic E-state index is 13.2. The summed E-state index contributed by atoms with van der Waals surface area (Å²) in [5.41, 5.74) is 5.94. The Labute approximate surface area is 205 Å². The van der Waals surface area contributed by atoms with Crippen molar-refractivity contribution in [1.82, 2.24) is 10.7 Å². The minimum absolute atomic E-state index is 0.0464. The van der Waals surface area contributed by atoms with Crippen molar-refractivity contribution in [3.63, 3.8) is 0 Å². The molecule has 0 aliphatic heterocycles. The molecular weight excluding hydrogens is 443 g/mol. The summed E-state index contributed by atoms with van der Waals surface area (Å²) in [7, 11) is 0. The molecule has 2 amide bonds. The lowest BCUT2D eigenvalue weighted by molar-refractivity contribution is -0.117. The summed E-state index contributed by atoms with van der Waals surface area (Å²) >= 11 is 0. The first kappa shape index (κ1) is 25.4. The lowest BCUT2D eigenvalue weighted by atomic mass is 10.1. The zero-order chi connectivity index (χ0) is 25.2. The Morgan fingerprint density at radius 2 is 1.51 bits per heavy atom. The van der Waals surface area contributed by atoms with Gasteiger partial charge in [-0.1, -0.05) is 42.5 Å². The fourth-order valence-electron chi connectivity index (χ4n) is 3.43.